The second-order valence-corrected chi connectivity index (χ2v) is 9.14. The topological polar surface area (TPSA) is 77.3 Å². The monoisotopic (exact) mass is 494 g/mol. The normalized spacial score (nSPS) is 21.9. The lowest BCUT2D eigenvalue weighted by Gasteiger charge is -2.44. The molecule has 34 heavy (non-hydrogen) atoms. The maximum Gasteiger partial charge on any atom is 0.573 e. The van der Waals surface area contributed by atoms with E-state index >= 15 is 0 Å². The van der Waals surface area contributed by atoms with Crippen LogP contribution in [0.25, 0.3) is 10.8 Å². The molecular formula is C25H26ClF3N2O3. The van der Waals surface area contributed by atoms with Crippen LogP contribution in [0.3, 0.4) is 0 Å². The minimum Gasteiger partial charge on any atom is -0.489 e. The number of halogens is 4. The van der Waals surface area contributed by atoms with Crippen molar-refractivity contribution >= 4 is 22.4 Å². The van der Waals surface area contributed by atoms with Crippen LogP contribution in [0.2, 0.25) is 5.02 Å². The Hall–Kier alpha value is -2.71. The van der Waals surface area contributed by atoms with Crippen LogP contribution in [0.4, 0.5) is 13.2 Å². The third-order valence-electron chi connectivity index (χ3n) is 6.76. The van der Waals surface area contributed by atoms with E-state index in [2.05, 4.69) is 9.72 Å². The van der Waals surface area contributed by atoms with Gasteiger partial charge in [0, 0.05) is 23.0 Å². The molecule has 1 atom stereocenters. The Bertz CT molecular complexity index is 1200. The van der Waals surface area contributed by atoms with Gasteiger partial charge in [0.15, 0.2) is 0 Å². The minimum absolute atomic E-state index is 0.0954. The van der Waals surface area contributed by atoms with Gasteiger partial charge in [0.25, 0.3) is 5.56 Å². The lowest BCUT2D eigenvalue weighted by atomic mass is 9.64. The zero-order chi connectivity index (χ0) is 24.5. The van der Waals surface area contributed by atoms with E-state index in [1.54, 1.807) is 36.5 Å². The van der Waals surface area contributed by atoms with E-state index < -0.39 is 6.36 Å². The van der Waals surface area contributed by atoms with Crippen LogP contribution in [0, 0.1) is 0 Å². The molecule has 1 aliphatic rings. The Labute approximate surface area is 200 Å². The van der Waals surface area contributed by atoms with Crippen LogP contribution in [0.5, 0.6) is 11.5 Å². The van der Waals surface area contributed by atoms with Crippen molar-refractivity contribution in [2.45, 2.75) is 63.0 Å². The Kier molecular flexibility index (Phi) is 6.82. The van der Waals surface area contributed by atoms with Crippen LogP contribution >= 0.6 is 11.6 Å². The smallest absolute Gasteiger partial charge is 0.489 e. The van der Waals surface area contributed by atoms with Crippen molar-refractivity contribution in [3.63, 3.8) is 0 Å². The number of nitrogens with two attached hydrogens (primary N) is 1. The van der Waals surface area contributed by atoms with Gasteiger partial charge in [-0.1, -0.05) is 30.7 Å². The summed E-state index contributed by atoms with van der Waals surface area (Å²) >= 11 is 6.39. The van der Waals surface area contributed by atoms with Gasteiger partial charge in [-0.3, -0.25) is 4.79 Å². The Balaban J connectivity index is 1.52. The van der Waals surface area contributed by atoms with Crippen molar-refractivity contribution in [2.24, 2.45) is 5.73 Å². The maximum absolute atomic E-state index is 12.5. The largest absolute Gasteiger partial charge is 0.573 e. The molecule has 0 radical (unpaired) electrons. The van der Waals surface area contributed by atoms with E-state index in [0.29, 0.717) is 29.0 Å². The number of aromatic amines is 1. The summed E-state index contributed by atoms with van der Waals surface area (Å²) in [6, 6.07) is 11.0. The second kappa shape index (κ2) is 9.50. The van der Waals surface area contributed by atoms with Gasteiger partial charge in [-0.2, -0.15) is 0 Å². The first-order valence-corrected chi connectivity index (χ1v) is 11.6. The molecule has 0 saturated heterocycles. The highest BCUT2D eigenvalue weighted by atomic mass is 35.5. The van der Waals surface area contributed by atoms with Crippen molar-refractivity contribution in [2.75, 3.05) is 0 Å². The van der Waals surface area contributed by atoms with Crippen molar-refractivity contribution in [1.82, 2.24) is 4.98 Å². The molecule has 0 aliphatic heterocycles. The quantitative estimate of drug-likeness (QED) is 0.435. The lowest BCUT2D eigenvalue weighted by molar-refractivity contribution is -0.274. The Morgan fingerprint density at radius 1 is 1.18 bits per heavy atom. The summed E-state index contributed by atoms with van der Waals surface area (Å²) in [4.78, 5) is 14.6. The van der Waals surface area contributed by atoms with Gasteiger partial charge < -0.3 is 20.2 Å². The van der Waals surface area contributed by atoms with Gasteiger partial charge in [0.05, 0.1) is 11.1 Å². The highest BCUT2D eigenvalue weighted by Gasteiger charge is 2.42. The number of H-pyrrole nitrogens is 1. The van der Waals surface area contributed by atoms with E-state index in [0.717, 1.165) is 30.2 Å². The molecule has 3 aromatic rings. The average molecular weight is 495 g/mol. The highest BCUT2D eigenvalue weighted by molar-refractivity contribution is 6.32. The molecule has 0 spiro atoms. The zero-order valence-electron chi connectivity index (χ0n) is 18.6. The molecule has 1 saturated carbocycles. The lowest BCUT2D eigenvalue weighted by Crippen LogP contribution is -2.48. The molecule has 5 nitrogen and oxygen atoms in total. The molecule has 1 heterocycles. The summed E-state index contributed by atoms with van der Waals surface area (Å²) < 4.78 is 47.8. The van der Waals surface area contributed by atoms with Crippen molar-refractivity contribution < 1.29 is 22.6 Å². The number of aromatic nitrogens is 1. The molecule has 9 heteroatoms. The molecule has 0 amide bonds. The molecule has 1 fully saturated rings. The van der Waals surface area contributed by atoms with Crippen LogP contribution in [-0.2, 0) is 5.41 Å². The van der Waals surface area contributed by atoms with Gasteiger partial charge in [-0.05, 0) is 73.4 Å². The maximum atomic E-state index is 12.5. The Morgan fingerprint density at radius 3 is 2.47 bits per heavy atom. The summed E-state index contributed by atoms with van der Waals surface area (Å²) in [5.74, 6) is 0.268. The third kappa shape index (κ3) is 5.03. The summed E-state index contributed by atoms with van der Waals surface area (Å²) in [5.41, 5.74) is 6.86. The number of alkyl halides is 3. The number of hydrogen-bond donors (Lipinski definition) is 2. The van der Waals surface area contributed by atoms with E-state index in [1.165, 1.54) is 12.1 Å². The van der Waals surface area contributed by atoms with Gasteiger partial charge in [-0.25, -0.2) is 0 Å². The van der Waals surface area contributed by atoms with Crippen LogP contribution < -0.4 is 20.8 Å². The van der Waals surface area contributed by atoms with Gasteiger partial charge in [-0.15, -0.1) is 13.2 Å². The third-order valence-corrected chi connectivity index (χ3v) is 7.05. The second-order valence-electron chi connectivity index (χ2n) is 8.74. The number of rotatable bonds is 6. The molecule has 4 rings (SSSR count). The fraction of sp³-hybridized carbons (Fsp3) is 0.400. The summed E-state index contributed by atoms with van der Waals surface area (Å²) in [7, 11) is 0. The number of fused-ring (bicyclic) bond motifs is 1. The minimum atomic E-state index is -4.73. The fourth-order valence-corrected chi connectivity index (χ4v) is 5.14. The predicted octanol–water partition coefficient (Wildman–Crippen LogP) is 6.08. The first-order valence-electron chi connectivity index (χ1n) is 11.2. The SMILES string of the molecule is CC[C@@H](N)C1(c2ccc(OC(F)(F)F)cc2)CCC(Oc2cc3cc[nH]c(=O)c3cc2Cl)CC1. The number of pyridine rings is 1. The number of ether oxygens (including phenoxy) is 2. The molecule has 2 aromatic carbocycles. The average Bonchev–Trinajstić information content (AvgIpc) is 2.80. The fourth-order valence-electron chi connectivity index (χ4n) is 4.94. The molecule has 182 valence electrons. The highest BCUT2D eigenvalue weighted by Crippen LogP contribution is 2.44. The molecule has 3 N–H and O–H groups in total. The van der Waals surface area contributed by atoms with Crippen molar-refractivity contribution in [1.29, 1.82) is 0 Å². The molecule has 1 aliphatic carbocycles. The summed E-state index contributed by atoms with van der Waals surface area (Å²) in [6.45, 7) is 2.01. The van der Waals surface area contributed by atoms with Crippen LogP contribution in [0.1, 0.15) is 44.6 Å². The molecule has 0 bridgehead atoms. The molecular weight excluding hydrogens is 469 g/mol. The van der Waals surface area contributed by atoms with Crippen LogP contribution in [0.15, 0.2) is 53.5 Å². The molecule has 0 unspecified atom stereocenters. The summed E-state index contributed by atoms with van der Waals surface area (Å²) in [6.07, 6.45) is 0.337. The van der Waals surface area contributed by atoms with E-state index in [-0.39, 0.29) is 28.9 Å². The predicted molar refractivity (Wildman–Crippen MR) is 126 cm³/mol. The van der Waals surface area contributed by atoms with E-state index in [4.69, 9.17) is 22.1 Å². The Morgan fingerprint density at radius 2 is 1.85 bits per heavy atom. The van der Waals surface area contributed by atoms with Crippen molar-refractivity contribution in [3.8, 4) is 11.5 Å². The van der Waals surface area contributed by atoms with Crippen LogP contribution in [-0.4, -0.2) is 23.5 Å². The summed E-state index contributed by atoms with van der Waals surface area (Å²) in [5, 5.41) is 1.60. The standard InChI is InChI=1S/C25H26ClF3N2O3/c1-2-22(30)24(16-3-5-18(6-4-16)34-25(27,28)29)10-7-17(8-11-24)33-21-13-15-9-12-31-23(32)19(15)14-20(21)26/h3-6,9,12-14,17,22H,2,7-8,10-11,30H2,1H3,(H,31,32)/t17?,22-,24?/m1/s1. The first kappa shape index (κ1) is 24.4. The van der Waals surface area contributed by atoms with Gasteiger partial charge in [0.2, 0.25) is 0 Å². The first-order chi connectivity index (χ1) is 16.1. The number of hydrogen-bond acceptors (Lipinski definition) is 4. The van der Waals surface area contributed by atoms with E-state index in [9.17, 15) is 18.0 Å². The number of benzene rings is 2. The van der Waals surface area contributed by atoms with E-state index in [1.807, 2.05) is 6.92 Å². The number of nitrogens with one attached hydrogen (secondary N) is 1. The zero-order valence-corrected chi connectivity index (χ0v) is 19.4. The van der Waals surface area contributed by atoms with Gasteiger partial charge in [0.1, 0.15) is 11.5 Å². The van der Waals surface area contributed by atoms with Crippen molar-refractivity contribution in [3.05, 3.63) is 69.6 Å². The molecule has 1 aromatic heterocycles. The van der Waals surface area contributed by atoms with Gasteiger partial charge >= 0.3 is 6.36 Å².